The van der Waals surface area contributed by atoms with Crippen molar-refractivity contribution in [1.82, 2.24) is 4.98 Å². The third-order valence-corrected chi connectivity index (χ3v) is 2.46. The number of rotatable bonds is 3. The molecule has 1 aromatic carbocycles. The summed E-state index contributed by atoms with van der Waals surface area (Å²) in [7, 11) is 0. The highest BCUT2D eigenvalue weighted by atomic mass is 35.5. The lowest BCUT2D eigenvalue weighted by molar-refractivity contribution is 0.0692. The van der Waals surface area contributed by atoms with Crippen LogP contribution in [0.25, 0.3) is 0 Å². The molecule has 0 radical (unpaired) electrons. The van der Waals surface area contributed by atoms with E-state index in [0.717, 1.165) is 12.3 Å². The number of nitrogens with zero attached hydrogens (tertiary/aromatic N) is 1. The maximum atomic E-state index is 13.6. The van der Waals surface area contributed by atoms with Gasteiger partial charge in [0, 0.05) is 0 Å². The zero-order valence-electron chi connectivity index (χ0n) is 9.23. The average molecular weight is 286 g/mol. The quantitative estimate of drug-likeness (QED) is 0.937. The van der Waals surface area contributed by atoms with Crippen LogP contribution in [0.1, 0.15) is 10.4 Å². The Hall–Kier alpha value is -2.21. The SMILES string of the molecule is O=C(O)c1cc(F)cnc1Oc1cccc(Cl)c1F. The van der Waals surface area contributed by atoms with E-state index >= 15 is 0 Å². The smallest absolute Gasteiger partial charge is 0.341 e. The van der Waals surface area contributed by atoms with Crippen molar-refractivity contribution in [2.24, 2.45) is 0 Å². The fourth-order valence-electron chi connectivity index (χ4n) is 1.33. The van der Waals surface area contributed by atoms with Crippen LogP contribution in [0.4, 0.5) is 8.78 Å². The molecule has 2 aromatic rings. The van der Waals surface area contributed by atoms with Gasteiger partial charge in [-0.15, -0.1) is 0 Å². The van der Waals surface area contributed by atoms with E-state index in [1.165, 1.54) is 18.2 Å². The maximum absolute atomic E-state index is 13.6. The molecule has 0 unspecified atom stereocenters. The molecular formula is C12H6ClF2NO3. The van der Waals surface area contributed by atoms with Crippen molar-refractivity contribution in [1.29, 1.82) is 0 Å². The minimum atomic E-state index is -1.44. The van der Waals surface area contributed by atoms with Crippen LogP contribution in [-0.4, -0.2) is 16.1 Å². The lowest BCUT2D eigenvalue weighted by atomic mass is 10.2. The number of benzene rings is 1. The van der Waals surface area contributed by atoms with Crippen LogP contribution in [0.15, 0.2) is 30.5 Å². The fourth-order valence-corrected chi connectivity index (χ4v) is 1.49. The second kappa shape index (κ2) is 5.19. The standard InChI is InChI=1S/C12H6ClF2NO3/c13-8-2-1-3-9(10(8)15)19-11-7(12(17)18)4-6(14)5-16-11/h1-5H,(H,17,18). The predicted octanol–water partition coefficient (Wildman–Crippen LogP) is 3.50. The summed E-state index contributed by atoms with van der Waals surface area (Å²) >= 11 is 5.56. The first-order chi connectivity index (χ1) is 8.99. The highest BCUT2D eigenvalue weighted by Crippen LogP contribution is 2.29. The summed E-state index contributed by atoms with van der Waals surface area (Å²) in [5.74, 6) is -3.85. The molecule has 19 heavy (non-hydrogen) atoms. The summed E-state index contributed by atoms with van der Waals surface area (Å²) in [6.07, 6.45) is 0.768. The Morgan fingerprint density at radius 3 is 2.79 bits per heavy atom. The van der Waals surface area contributed by atoms with E-state index in [-0.39, 0.29) is 10.8 Å². The molecule has 0 atom stereocenters. The molecule has 0 saturated carbocycles. The zero-order chi connectivity index (χ0) is 14.0. The highest BCUT2D eigenvalue weighted by molar-refractivity contribution is 6.30. The van der Waals surface area contributed by atoms with Crippen LogP contribution >= 0.6 is 11.6 Å². The lowest BCUT2D eigenvalue weighted by Gasteiger charge is -2.08. The minimum Gasteiger partial charge on any atom is -0.477 e. The number of carboxylic acids is 1. The van der Waals surface area contributed by atoms with Crippen LogP contribution in [0, 0.1) is 11.6 Å². The van der Waals surface area contributed by atoms with Gasteiger partial charge in [-0.05, 0) is 18.2 Å². The van der Waals surface area contributed by atoms with Gasteiger partial charge < -0.3 is 9.84 Å². The number of carbonyl (C=O) groups is 1. The Morgan fingerprint density at radius 1 is 1.37 bits per heavy atom. The summed E-state index contributed by atoms with van der Waals surface area (Å²) in [5.41, 5.74) is -0.514. The Kier molecular flexibility index (Phi) is 3.62. The summed E-state index contributed by atoms with van der Waals surface area (Å²) in [5, 5.41) is 8.70. The van der Waals surface area contributed by atoms with Gasteiger partial charge in [-0.2, -0.15) is 0 Å². The third-order valence-electron chi connectivity index (χ3n) is 2.17. The normalized spacial score (nSPS) is 10.3. The van der Waals surface area contributed by atoms with Crippen LogP contribution in [0.2, 0.25) is 5.02 Å². The van der Waals surface area contributed by atoms with E-state index < -0.39 is 29.0 Å². The molecule has 0 saturated heterocycles. The Morgan fingerprint density at radius 2 is 2.11 bits per heavy atom. The number of ether oxygens (including phenoxy) is 1. The first-order valence-corrected chi connectivity index (χ1v) is 5.37. The summed E-state index contributed by atoms with van der Waals surface area (Å²) in [6.45, 7) is 0. The van der Waals surface area contributed by atoms with Gasteiger partial charge in [0.15, 0.2) is 11.6 Å². The second-order valence-corrected chi connectivity index (χ2v) is 3.87. The highest BCUT2D eigenvalue weighted by Gasteiger charge is 2.17. The van der Waals surface area contributed by atoms with Crippen molar-refractivity contribution < 1.29 is 23.4 Å². The first-order valence-electron chi connectivity index (χ1n) is 4.99. The van der Waals surface area contributed by atoms with Gasteiger partial charge in [0.25, 0.3) is 0 Å². The molecule has 0 fully saturated rings. The van der Waals surface area contributed by atoms with Crippen molar-refractivity contribution in [3.63, 3.8) is 0 Å². The molecule has 1 N–H and O–H groups in total. The van der Waals surface area contributed by atoms with Crippen LogP contribution in [0.5, 0.6) is 11.6 Å². The summed E-state index contributed by atoms with van der Waals surface area (Å²) in [4.78, 5) is 14.4. The molecule has 1 aromatic heterocycles. The molecule has 0 aliphatic heterocycles. The molecule has 1 heterocycles. The van der Waals surface area contributed by atoms with Crippen LogP contribution in [0.3, 0.4) is 0 Å². The summed E-state index contributed by atoms with van der Waals surface area (Å²) in [6, 6.07) is 4.70. The number of hydrogen-bond donors (Lipinski definition) is 1. The number of aromatic nitrogens is 1. The van der Waals surface area contributed by atoms with E-state index in [1.807, 2.05) is 0 Å². The van der Waals surface area contributed by atoms with Crippen molar-refractivity contribution in [3.05, 3.63) is 52.7 Å². The second-order valence-electron chi connectivity index (χ2n) is 3.47. The molecule has 7 heteroatoms. The first kappa shape index (κ1) is 13.2. The zero-order valence-corrected chi connectivity index (χ0v) is 9.99. The van der Waals surface area contributed by atoms with Crippen molar-refractivity contribution >= 4 is 17.6 Å². The van der Waals surface area contributed by atoms with E-state index in [1.54, 1.807) is 0 Å². The topological polar surface area (TPSA) is 59.4 Å². The molecule has 0 amide bonds. The van der Waals surface area contributed by atoms with E-state index in [9.17, 15) is 13.6 Å². The summed E-state index contributed by atoms with van der Waals surface area (Å²) < 4.78 is 31.5. The predicted molar refractivity (Wildman–Crippen MR) is 62.6 cm³/mol. The molecule has 2 rings (SSSR count). The van der Waals surface area contributed by atoms with Crippen LogP contribution < -0.4 is 4.74 Å². The molecular weight excluding hydrogens is 280 g/mol. The third kappa shape index (κ3) is 2.79. The molecule has 0 bridgehead atoms. The largest absolute Gasteiger partial charge is 0.477 e. The molecule has 4 nitrogen and oxygen atoms in total. The number of pyridine rings is 1. The Bertz CT molecular complexity index is 649. The lowest BCUT2D eigenvalue weighted by Crippen LogP contribution is -2.03. The maximum Gasteiger partial charge on any atom is 0.341 e. The number of aromatic carboxylic acids is 1. The molecule has 0 aliphatic carbocycles. The van der Waals surface area contributed by atoms with Gasteiger partial charge in [0.2, 0.25) is 5.88 Å². The van der Waals surface area contributed by atoms with Crippen LogP contribution in [-0.2, 0) is 0 Å². The van der Waals surface area contributed by atoms with E-state index in [2.05, 4.69) is 4.98 Å². The van der Waals surface area contributed by atoms with Gasteiger partial charge in [0.05, 0.1) is 11.2 Å². The van der Waals surface area contributed by atoms with Crippen molar-refractivity contribution in [2.75, 3.05) is 0 Å². The Labute approximate surface area is 111 Å². The number of halogens is 3. The number of hydrogen-bond acceptors (Lipinski definition) is 3. The molecule has 98 valence electrons. The van der Waals surface area contributed by atoms with Gasteiger partial charge >= 0.3 is 5.97 Å². The average Bonchev–Trinajstić information content (AvgIpc) is 2.36. The number of carboxylic acid groups (broad SMARTS) is 1. The molecule has 0 aliphatic rings. The van der Waals surface area contributed by atoms with Gasteiger partial charge in [-0.1, -0.05) is 17.7 Å². The monoisotopic (exact) mass is 285 g/mol. The van der Waals surface area contributed by atoms with Crippen molar-refractivity contribution in [2.45, 2.75) is 0 Å². The van der Waals surface area contributed by atoms with Crippen molar-refractivity contribution in [3.8, 4) is 11.6 Å². The fraction of sp³-hybridized carbons (Fsp3) is 0. The van der Waals surface area contributed by atoms with Gasteiger partial charge in [-0.3, -0.25) is 0 Å². The van der Waals surface area contributed by atoms with E-state index in [4.69, 9.17) is 21.4 Å². The van der Waals surface area contributed by atoms with E-state index in [0.29, 0.717) is 0 Å². The Balaban J connectivity index is 2.44. The van der Waals surface area contributed by atoms with Gasteiger partial charge in [0.1, 0.15) is 11.4 Å². The molecule has 0 spiro atoms. The minimum absolute atomic E-state index is 0.184. The van der Waals surface area contributed by atoms with Gasteiger partial charge in [-0.25, -0.2) is 18.6 Å².